The molecule has 0 saturated heterocycles. The average molecular weight is 292 g/mol. The molecule has 0 radical (unpaired) electrons. The molecule has 0 aromatic rings. The van der Waals surface area contributed by atoms with Gasteiger partial charge in [0.1, 0.15) is 11.2 Å². The van der Waals surface area contributed by atoms with Crippen molar-refractivity contribution in [2.75, 3.05) is 6.61 Å². The SMILES string of the molecule is CC(C)(C)OC(=O)O.CCCCOC(=O)OC(C)(C)C. The molecule has 6 heteroatoms. The predicted octanol–water partition coefficient (Wildman–Crippen LogP) is 4.22. The second-order valence-electron chi connectivity index (χ2n) is 6.15. The van der Waals surface area contributed by atoms with Gasteiger partial charge in [0.05, 0.1) is 6.61 Å². The molecule has 0 aliphatic heterocycles. The molecule has 20 heavy (non-hydrogen) atoms. The maximum Gasteiger partial charge on any atom is 0.508 e. The van der Waals surface area contributed by atoms with Crippen LogP contribution in [-0.2, 0) is 14.2 Å². The first-order chi connectivity index (χ1) is 8.87. The Hall–Kier alpha value is -1.46. The Bertz CT molecular complexity index is 285. The smallest absolute Gasteiger partial charge is 0.450 e. The summed E-state index contributed by atoms with van der Waals surface area (Å²) in [5.74, 6) is 0. The molecule has 6 nitrogen and oxygen atoms in total. The number of ether oxygens (including phenoxy) is 3. The predicted molar refractivity (Wildman–Crippen MR) is 76.0 cm³/mol. The standard InChI is InChI=1S/C9H18O3.C5H10O3/c1-5-6-7-11-8(10)12-9(2,3)4;1-5(2,3)8-4(6)7/h5-7H2,1-4H3;1-3H3,(H,6,7). The van der Waals surface area contributed by atoms with Crippen LogP contribution < -0.4 is 0 Å². The van der Waals surface area contributed by atoms with Crippen molar-refractivity contribution in [3.8, 4) is 0 Å². The second-order valence-corrected chi connectivity index (χ2v) is 6.15. The van der Waals surface area contributed by atoms with E-state index in [0.29, 0.717) is 6.61 Å². The Kier molecular flexibility index (Phi) is 9.85. The van der Waals surface area contributed by atoms with Crippen LogP contribution in [0.2, 0.25) is 0 Å². The topological polar surface area (TPSA) is 82.1 Å². The van der Waals surface area contributed by atoms with E-state index in [1.165, 1.54) is 0 Å². The van der Waals surface area contributed by atoms with Crippen LogP contribution in [0.4, 0.5) is 9.59 Å². The van der Waals surface area contributed by atoms with E-state index in [9.17, 15) is 9.59 Å². The Morgan fingerprint density at radius 2 is 1.40 bits per heavy atom. The minimum absolute atomic E-state index is 0.450. The van der Waals surface area contributed by atoms with Crippen LogP contribution in [0.5, 0.6) is 0 Å². The van der Waals surface area contributed by atoms with Crippen molar-refractivity contribution in [1.82, 2.24) is 0 Å². The fourth-order valence-corrected chi connectivity index (χ4v) is 0.841. The minimum atomic E-state index is -1.22. The van der Waals surface area contributed by atoms with E-state index in [1.54, 1.807) is 20.8 Å². The zero-order chi connectivity index (χ0) is 16.4. The van der Waals surface area contributed by atoms with Gasteiger partial charge in [0, 0.05) is 0 Å². The molecular formula is C14H28O6. The van der Waals surface area contributed by atoms with Gasteiger partial charge >= 0.3 is 12.3 Å². The van der Waals surface area contributed by atoms with Crippen LogP contribution in [-0.4, -0.2) is 35.2 Å². The van der Waals surface area contributed by atoms with Crippen LogP contribution >= 0.6 is 0 Å². The molecule has 0 bridgehead atoms. The largest absolute Gasteiger partial charge is 0.508 e. The normalized spacial score (nSPS) is 10.9. The monoisotopic (exact) mass is 292 g/mol. The van der Waals surface area contributed by atoms with E-state index in [4.69, 9.17) is 14.6 Å². The summed E-state index contributed by atoms with van der Waals surface area (Å²) in [7, 11) is 0. The summed E-state index contributed by atoms with van der Waals surface area (Å²) >= 11 is 0. The third-order valence-electron chi connectivity index (χ3n) is 1.50. The van der Waals surface area contributed by atoms with Gasteiger partial charge in [-0.25, -0.2) is 9.59 Å². The van der Waals surface area contributed by atoms with Gasteiger partial charge in [0.2, 0.25) is 0 Å². The molecular weight excluding hydrogens is 264 g/mol. The number of hydrogen-bond donors (Lipinski definition) is 1. The van der Waals surface area contributed by atoms with Gasteiger partial charge in [-0.15, -0.1) is 0 Å². The van der Waals surface area contributed by atoms with Crippen LogP contribution in [0.3, 0.4) is 0 Å². The zero-order valence-corrected chi connectivity index (χ0v) is 13.6. The number of hydrogen-bond acceptors (Lipinski definition) is 5. The van der Waals surface area contributed by atoms with Gasteiger partial charge in [-0.1, -0.05) is 13.3 Å². The van der Waals surface area contributed by atoms with Crippen molar-refractivity contribution in [3.63, 3.8) is 0 Å². The second kappa shape index (κ2) is 9.44. The van der Waals surface area contributed by atoms with E-state index in [-0.39, 0.29) is 0 Å². The number of unbranched alkanes of at least 4 members (excludes halogenated alkanes) is 1. The lowest BCUT2D eigenvalue weighted by Crippen LogP contribution is -2.24. The maximum atomic E-state index is 10.9. The highest BCUT2D eigenvalue weighted by Crippen LogP contribution is 2.08. The summed E-state index contributed by atoms with van der Waals surface area (Å²) in [6.45, 7) is 13.0. The summed E-state index contributed by atoms with van der Waals surface area (Å²) < 4.78 is 14.1. The van der Waals surface area contributed by atoms with Gasteiger partial charge in [-0.05, 0) is 48.0 Å². The highest BCUT2D eigenvalue weighted by molar-refractivity contribution is 5.60. The average Bonchev–Trinajstić information content (AvgIpc) is 2.11. The Morgan fingerprint density at radius 1 is 0.950 bits per heavy atom. The molecule has 0 amide bonds. The number of rotatable bonds is 3. The number of carbonyl (C=O) groups is 2. The summed E-state index contributed by atoms with van der Waals surface area (Å²) in [6.07, 6.45) is 0.107. The van der Waals surface area contributed by atoms with Crippen molar-refractivity contribution >= 4 is 12.3 Å². The minimum Gasteiger partial charge on any atom is -0.450 e. The molecule has 120 valence electrons. The molecule has 0 atom stereocenters. The van der Waals surface area contributed by atoms with E-state index >= 15 is 0 Å². The molecule has 1 N–H and O–H groups in total. The molecule has 0 saturated carbocycles. The van der Waals surface area contributed by atoms with Crippen LogP contribution in [0.25, 0.3) is 0 Å². The van der Waals surface area contributed by atoms with Crippen molar-refractivity contribution in [1.29, 1.82) is 0 Å². The molecule has 0 rings (SSSR count). The summed E-state index contributed by atoms with van der Waals surface area (Å²) in [5.41, 5.74) is -1.03. The fourth-order valence-electron chi connectivity index (χ4n) is 0.841. The Balaban J connectivity index is 0. The molecule has 0 aromatic carbocycles. The van der Waals surface area contributed by atoms with Crippen molar-refractivity contribution < 1.29 is 28.9 Å². The number of carboxylic acid groups (broad SMARTS) is 1. The third kappa shape index (κ3) is 21.8. The first-order valence-corrected chi connectivity index (χ1v) is 6.65. The van der Waals surface area contributed by atoms with Crippen LogP contribution in [0, 0.1) is 0 Å². The zero-order valence-electron chi connectivity index (χ0n) is 13.6. The van der Waals surface area contributed by atoms with Gasteiger partial charge in [-0.3, -0.25) is 0 Å². The first-order valence-electron chi connectivity index (χ1n) is 6.65. The van der Waals surface area contributed by atoms with Gasteiger partial charge in [0.15, 0.2) is 0 Å². The van der Waals surface area contributed by atoms with E-state index in [0.717, 1.165) is 12.8 Å². The lowest BCUT2D eigenvalue weighted by molar-refractivity contribution is -0.00761. The highest BCUT2D eigenvalue weighted by atomic mass is 16.7. The third-order valence-corrected chi connectivity index (χ3v) is 1.50. The van der Waals surface area contributed by atoms with Crippen molar-refractivity contribution in [2.24, 2.45) is 0 Å². The molecule has 0 aliphatic rings. The fraction of sp³-hybridized carbons (Fsp3) is 0.857. The Labute approximate surface area is 121 Å². The van der Waals surface area contributed by atoms with E-state index in [1.807, 2.05) is 27.7 Å². The highest BCUT2D eigenvalue weighted by Gasteiger charge is 2.16. The van der Waals surface area contributed by atoms with Crippen LogP contribution in [0.15, 0.2) is 0 Å². The number of carbonyl (C=O) groups excluding carboxylic acids is 1. The molecule has 0 heterocycles. The van der Waals surface area contributed by atoms with Gasteiger partial charge < -0.3 is 19.3 Å². The quantitative estimate of drug-likeness (QED) is 0.619. The van der Waals surface area contributed by atoms with Crippen molar-refractivity contribution in [3.05, 3.63) is 0 Å². The lowest BCUT2D eigenvalue weighted by Gasteiger charge is -2.18. The lowest BCUT2D eigenvalue weighted by atomic mass is 10.2. The maximum absolute atomic E-state index is 10.9. The van der Waals surface area contributed by atoms with Crippen molar-refractivity contribution in [2.45, 2.75) is 72.5 Å². The van der Waals surface area contributed by atoms with Gasteiger partial charge in [-0.2, -0.15) is 0 Å². The molecule has 0 aromatic heterocycles. The van der Waals surface area contributed by atoms with Gasteiger partial charge in [0.25, 0.3) is 0 Å². The summed E-state index contributed by atoms with van der Waals surface area (Å²) in [4.78, 5) is 20.7. The molecule has 0 spiro atoms. The van der Waals surface area contributed by atoms with E-state index in [2.05, 4.69) is 4.74 Å². The molecule has 0 aliphatic carbocycles. The Morgan fingerprint density at radius 3 is 1.65 bits per heavy atom. The summed E-state index contributed by atoms with van der Waals surface area (Å²) in [5, 5.41) is 8.03. The molecule has 0 fully saturated rings. The van der Waals surface area contributed by atoms with E-state index < -0.39 is 23.5 Å². The summed E-state index contributed by atoms with van der Waals surface area (Å²) in [6, 6.07) is 0. The first kappa shape index (κ1) is 20.8. The molecule has 0 unspecified atom stereocenters. The van der Waals surface area contributed by atoms with Crippen LogP contribution in [0.1, 0.15) is 61.3 Å².